The van der Waals surface area contributed by atoms with E-state index in [2.05, 4.69) is 10.3 Å². The summed E-state index contributed by atoms with van der Waals surface area (Å²) in [6, 6.07) is 8.40. The molecule has 1 unspecified atom stereocenters. The van der Waals surface area contributed by atoms with Crippen molar-refractivity contribution >= 4 is 5.82 Å². The molecule has 0 fully saturated rings. The predicted molar refractivity (Wildman–Crippen MR) is 75.8 cm³/mol. The van der Waals surface area contributed by atoms with Crippen molar-refractivity contribution in [1.29, 1.82) is 0 Å². The summed E-state index contributed by atoms with van der Waals surface area (Å²) in [6.45, 7) is 1.93. The Morgan fingerprint density at radius 2 is 1.90 bits per heavy atom. The predicted octanol–water partition coefficient (Wildman–Crippen LogP) is 3.41. The maximum Gasteiger partial charge on any atom is 0.165 e. The van der Waals surface area contributed by atoms with Gasteiger partial charge in [0.2, 0.25) is 0 Å². The zero-order valence-electron chi connectivity index (χ0n) is 11.7. The molecule has 2 rings (SSSR count). The fourth-order valence-corrected chi connectivity index (χ4v) is 1.90. The van der Waals surface area contributed by atoms with E-state index < -0.39 is 0 Å². The van der Waals surface area contributed by atoms with E-state index in [1.54, 1.807) is 26.5 Å². The molecule has 106 valence electrons. The third-order valence-electron chi connectivity index (χ3n) is 3.02. The molecule has 0 aliphatic heterocycles. The van der Waals surface area contributed by atoms with Crippen LogP contribution in [0.1, 0.15) is 18.5 Å². The van der Waals surface area contributed by atoms with Gasteiger partial charge in [-0.15, -0.1) is 0 Å². The fourth-order valence-electron chi connectivity index (χ4n) is 1.90. The second kappa shape index (κ2) is 6.23. The highest BCUT2D eigenvalue weighted by Crippen LogP contribution is 2.31. The summed E-state index contributed by atoms with van der Waals surface area (Å²) in [5.74, 6) is 1.15. The minimum atomic E-state index is -0.375. The van der Waals surface area contributed by atoms with Gasteiger partial charge in [-0.3, -0.25) is 0 Å². The van der Waals surface area contributed by atoms with E-state index in [0.29, 0.717) is 11.5 Å². The van der Waals surface area contributed by atoms with Gasteiger partial charge in [0.1, 0.15) is 0 Å². The summed E-state index contributed by atoms with van der Waals surface area (Å²) in [5.41, 5.74) is 0.952. The lowest BCUT2D eigenvalue weighted by Crippen LogP contribution is -2.09. The van der Waals surface area contributed by atoms with Crippen LogP contribution in [0.25, 0.3) is 0 Å². The molecular weight excluding hydrogens is 259 g/mol. The Labute approximate surface area is 117 Å². The molecule has 1 heterocycles. The SMILES string of the molecule is COc1ccc(C(C)Nc2ncccc2F)cc1OC. The summed E-state index contributed by atoms with van der Waals surface area (Å²) in [7, 11) is 3.17. The van der Waals surface area contributed by atoms with Gasteiger partial charge < -0.3 is 14.8 Å². The van der Waals surface area contributed by atoms with Crippen molar-refractivity contribution in [2.75, 3.05) is 19.5 Å². The number of aromatic nitrogens is 1. The monoisotopic (exact) mass is 276 g/mol. The average molecular weight is 276 g/mol. The topological polar surface area (TPSA) is 43.4 Å². The Hall–Kier alpha value is -2.30. The average Bonchev–Trinajstić information content (AvgIpc) is 2.48. The van der Waals surface area contributed by atoms with Gasteiger partial charge in [0.15, 0.2) is 23.1 Å². The summed E-state index contributed by atoms with van der Waals surface area (Å²) in [5, 5.41) is 3.03. The molecule has 0 saturated carbocycles. The normalized spacial score (nSPS) is 11.8. The number of hydrogen-bond acceptors (Lipinski definition) is 4. The van der Waals surface area contributed by atoms with Gasteiger partial charge in [0.25, 0.3) is 0 Å². The van der Waals surface area contributed by atoms with Crippen molar-refractivity contribution in [3.63, 3.8) is 0 Å². The lowest BCUT2D eigenvalue weighted by atomic mass is 10.1. The molecule has 1 atom stereocenters. The number of benzene rings is 1. The third kappa shape index (κ3) is 2.99. The first kappa shape index (κ1) is 14.1. The molecule has 0 saturated heterocycles. The molecule has 1 aromatic heterocycles. The number of rotatable bonds is 5. The van der Waals surface area contributed by atoms with E-state index in [4.69, 9.17) is 9.47 Å². The van der Waals surface area contributed by atoms with Gasteiger partial charge in [0.05, 0.1) is 20.3 Å². The lowest BCUT2D eigenvalue weighted by molar-refractivity contribution is 0.354. The number of hydrogen-bond donors (Lipinski definition) is 1. The highest BCUT2D eigenvalue weighted by atomic mass is 19.1. The number of ether oxygens (including phenoxy) is 2. The molecule has 5 heteroatoms. The van der Waals surface area contributed by atoms with Crippen LogP contribution in [-0.4, -0.2) is 19.2 Å². The molecule has 2 aromatic rings. The summed E-state index contributed by atoms with van der Waals surface area (Å²) in [6.07, 6.45) is 1.55. The molecule has 0 radical (unpaired) electrons. The Bertz CT molecular complexity index is 590. The number of anilines is 1. The number of pyridine rings is 1. The molecule has 1 aromatic carbocycles. The van der Waals surface area contributed by atoms with E-state index in [1.807, 2.05) is 25.1 Å². The zero-order chi connectivity index (χ0) is 14.5. The van der Waals surface area contributed by atoms with Crippen molar-refractivity contribution in [2.45, 2.75) is 13.0 Å². The molecule has 0 spiro atoms. The minimum absolute atomic E-state index is 0.112. The maximum atomic E-state index is 13.6. The summed E-state index contributed by atoms with van der Waals surface area (Å²) >= 11 is 0. The number of halogens is 1. The van der Waals surface area contributed by atoms with E-state index in [0.717, 1.165) is 5.56 Å². The second-order valence-corrected chi connectivity index (χ2v) is 4.31. The van der Waals surface area contributed by atoms with Crippen molar-refractivity contribution in [3.8, 4) is 11.5 Å². The van der Waals surface area contributed by atoms with E-state index in [-0.39, 0.29) is 17.7 Å². The maximum absolute atomic E-state index is 13.6. The fraction of sp³-hybridized carbons (Fsp3) is 0.267. The minimum Gasteiger partial charge on any atom is -0.493 e. The van der Waals surface area contributed by atoms with Gasteiger partial charge in [-0.2, -0.15) is 0 Å². The largest absolute Gasteiger partial charge is 0.493 e. The van der Waals surface area contributed by atoms with Crippen LogP contribution in [-0.2, 0) is 0 Å². The Morgan fingerprint density at radius 3 is 2.55 bits per heavy atom. The van der Waals surface area contributed by atoms with Crippen LogP contribution in [0.5, 0.6) is 11.5 Å². The Balaban J connectivity index is 2.21. The molecule has 0 aliphatic carbocycles. The molecule has 0 aliphatic rings. The van der Waals surface area contributed by atoms with E-state index in [1.165, 1.54) is 6.07 Å². The standard InChI is InChI=1S/C15H17FN2O2/c1-10(18-15-12(16)5-4-8-17-15)11-6-7-13(19-2)14(9-11)20-3/h4-10H,1-3H3,(H,17,18). The lowest BCUT2D eigenvalue weighted by Gasteiger charge is -2.17. The first-order valence-electron chi connectivity index (χ1n) is 6.24. The van der Waals surface area contributed by atoms with Gasteiger partial charge >= 0.3 is 0 Å². The van der Waals surface area contributed by atoms with Crippen molar-refractivity contribution in [1.82, 2.24) is 4.98 Å². The Kier molecular flexibility index (Phi) is 4.40. The molecule has 1 N–H and O–H groups in total. The molecular formula is C15H17FN2O2. The van der Waals surface area contributed by atoms with Crippen LogP contribution >= 0.6 is 0 Å². The first-order chi connectivity index (χ1) is 9.65. The third-order valence-corrected chi connectivity index (χ3v) is 3.02. The van der Waals surface area contributed by atoms with Crippen LogP contribution in [0.3, 0.4) is 0 Å². The molecule has 0 bridgehead atoms. The van der Waals surface area contributed by atoms with Gasteiger partial charge in [-0.25, -0.2) is 9.37 Å². The zero-order valence-corrected chi connectivity index (χ0v) is 11.7. The molecule has 20 heavy (non-hydrogen) atoms. The van der Waals surface area contributed by atoms with Crippen LogP contribution < -0.4 is 14.8 Å². The van der Waals surface area contributed by atoms with Crippen LogP contribution in [0.15, 0.2) is 36.5 Å². The number of methoxy groups -OCH3 is 2. The van der Waals surface area contributed by atoms with Crippen molar-refractivity contribution in [2.24, 2.45) is 0 Å². The first-order valence-corrected chi connectivity index (χ1v) is 6.24. The van der Waals surface area contributed by atoms with Crippen molar-refractivity contribution in [3.05, 3.63) is 47.9 Å². The smallest absolute Gasteiger partial charge is 0.165 e. The number of nitrogens with zero attached hydrogens (tertiary/aromatic N) is 1. The molecule has 4 nitrogen and oxygen atoms in total. The van der Waals surface area contributed by atoms with Gasteiger partial charge in [0, 0.05) is 6.20 Å². The van der Waals surface area contributed by atoms with Crippen LogP contribution in [0.2, 0.25) is 0 Å². The summed E-state index contributed by atoms with van der Waals surface area (Å²) in [4.78, 5) is 3.98. The highest BCUT2D eigenvalue weighted by molar-refractivity contribution is 5.46. The van der Waals surface area contributed by atoms with E-state index in [9.17, 15) is 4.39 Å². The highest BCUT2D eigenvalue weighted by Gasteiger charge is 2.12. The van der Waals surface area contributed by atoms with Gasteiger partial charge in [-0.1, -0.05) is 6.07 Å². The number of nitrogens with one attached hydrogen (secondary N) is 1. The summed E-state index contributed by atoms with van der Waals surface area (Å²) < 4.78 is 24.0. The van der Waals surface area contributed by atoms with E-state index >= 15 is 0 Å². The molecule has 0 amide bonds. The van der Waals surface area contributed by atoms with Crippen LogP contribution in [0.4, 0.5) is 10.2 Å². The second-order valence-electron chi connectivity index (χ2n) is 4.31. The van der Waals surface area contributed by atoms with Crippen LogP contribution in [0, 0.1) is 5.82 Å². The Morgan fingerprint density at radius 1 is 1.15 bits per heavy atom. The van der Waals surface area contributed by atoms with Gasteiger partial charge in [-0.05, 0) is 36.8 Å². The van der Waals surface area contributed by atoms with Crippen molar-refractivity contribution < 1.29 is 13.9 Å². The quantitative estimate of drug-likeness (QED) is 0.908.